The molecule has 0 unspecified atom stereocenters. The molecule has 6 nitrogen and oxygen atoms in total. The second-order valence-corrected chi connectivity index (χ2v) is 6.68. The van der Waals surface area contributed by atoms with Gasteiger partial charge in [-0.05, 0) is 29.8 Å². The van der Waals surface area contributed by atoms with Gasteiger partial charge in [-0.2, -0.15) is 0 Å². The van der Waals surface area contributed by atoms with E-state index in [4.69, 9.17) is 26.3 Å². The van der Waals surface area contributed by atoms with E-state index in [1.54, 1.807) is 18.2 Å². The predicted molar refractivity (Wildman–Crippen MR) is 98.6 cm³/mol. The molecule has 0 bridgehead atoms. The molecule has 0 saturated heterocycles. The smallest absolute Gasteiger partial charge is 0.276 e. The highest BCUT2D eigenvalue weighted by Gasteiger charge is 2.20. The van der Waals surface area contributed by atoms with Crippen LogP contribution in [-0.2, 0) is 11.3 Å². The molecule has 3 N–H and O–H groups in total. The maximum Gasteiger partial charge on any atom is 0.276 e. The van der Waals surface area contributed by atoms with Crippen molar-refractivity contribution in [2.45, 2.75) is 6.42 Å². The van der Waals surface area contributed by atoms with E-state index in [0.29, 0.717) is 28.6 Å². The first-order valence-electron chi connectivity index (χ1n) is 7.63. The second-order valence-electron chi connectivity index (χ2n) is 5.36. The summed E-state index contributed by atoms with van der Waals surface area (Å²) in [5.41, 5.74) is 4.89. The number of benzene rings is 2. The summed E-state index contributed by atoms with van der Waals surface area (Å²) in [5, 5.41) is 12.4. The van der Waals surface area contributed by atoms with Crippen molar-refractivity contribution in [1.29, 1.82) is 0 Å². The van der Waals surface area contributed by atoms with Crippen LogP contribution in [0.2, 0.25) is 5.02 Å². The van der Waals surface area contributed by atoms with Gasteiger partial charge >= 0.3 is 0 Å². The van der Waals surface area contributed by atoms with Crippen LogP contribution in [0.3, 0.4) is 0 Å². The molecule has 132 valence electrons. The number of aliphatic hydroxyl groups is 1. The van der Waals surface area contributed by atoms with E-state index in [9.17, 15) is 4.79 Å². The van der Waals surface area contributed by atoms with E-state index in [1.807, 2.05) is 12.1 Å². The third kappa shape index (κ3) is 4.24. The molecule has 0 saturated carbocycles. The molecule has 0 atom stereocenters. The monoisotopic (exact) mass is 426 g/mol. The molecular weight excluding hydrogens is 412 g/mol. The van der Waals surface area contributed by atoms with Crippen LogP contribution in [0, 0.1) is 0 Å². The van der Waals surface area contributed by atoms with E-state index in [0.717, 1.165) is 22.2 Å². The highest BCUT2D eigenvalue weighted by molar-refractivity contribution is 9.10. The predicted octanol–water partition coefficient (Wildman–Crippen LogP) is 3.43. The molecule has 0 fully saturated rings. The van der Waals surface area contributed by atoms with Gasteiger partial charge in [0.15, 0.2) is 0 Å². The van der Waals surface area contributed by atoms with Gasteiger partial charge in [-0.1, -0.05) is 27.5 Å². The molecule has 2 aromatic carbocycles. The molecular formula is C17H16BrClN2O4. The van der Waals surface area contributed by atoms with Gasteiger partial charge in [0.05, 0.1) is 41.8 Å². The minimum atomic E-state index is -0.418. The third-order valence-electron chi connectivity index (χ3n) is 3.63. The summed E-state index contributed by atoms with van der Waals surface area (Å²) in [4.78, 5) is 17.4. The molecule has 1 amide bonds. The summed E-state index contributed by atoms with van der Waals surface area (Å²) in [6.07, 6.45) is 0.742. The van der Waals surface area contributed by atoms with Gasteiger partial charge < -0.3 is 15.2 Å². The van der Waals surface area contributed by atoms with Gasteiger partial charge in [-0.25, -0.2) is 5.48 Å². The quantitative estimate of drug-likeness (QED) is 0.486. The number of hydroxylamine groups is 1. The Morgan fingerprint density at radius 1 is 1.32 bits per heavy atom. The number of hydrogen-bond donors (Lipinski definition) is 3. The summed E-state index contributed by atoms with van der Waals surface area (Å²) in [5.74, 6) is 0.322. The van der Waals surface area contributed by atoms with Crippen LogP contribution in [0.1, 0.15) is 15.9 Å². The van der Waals surface area contributed by atoms with Gasteiger partial charge in [-0.15, -0.1) is 0 Å². The van der Waals surface area contributed by atoms with Crippen molar-refractivity contribution < 1.29 is 19.5 Å². The fourth-order valence-corrected chi connectivity index (χ4v) is 3.19. The minimum Gasteiger partial charge on any atom is -0.493 e. The van der Waals surface area contributed by atoms with Gasteiger partial charge in [0, 0.05) is 17.0 Å². The standard InChI is InChI=1S/C17H16BrClN2O4/c18-11-1-2-14(13(19)8-11)20-15-9-16-10(3-5-24-16)7-12(15)17(23)21-25-6-4-22/h1-2,7-9,20,22H,3-6H2,(H,21,23). The van der Waals surface area contributed by atoms with Crippen molar-refractivity contribution in [3.8, 4) is 5.75 Å². The Balaban J connectivity index is 1.92. The molecule has 0 spiro atoms. The van der Waals surface area contributed by atoms with Crippen molar-refractivity contribution in [2.24, 2.45) is 0 Å². The first kappa shape index (κ1) is 18.0. The van der Waals surface area contributed by atoms with Crippen LogP contribution in [0.5, 0.6) is 5.75 Å². The first-order valence-corrected chi connectivity index (χ1v) is 8.80. The van der Waals surface area contributed by atoms with Crippen molar-refractivity contribution in [3.63, 3.8) is 0 Å². The summed E-state index contributed by atoms with van der Waals surface area (Å²) >= 11 is 9.62. The maximum atomic E-state index is 12.4. The Morgan fingerprint density at radius 2 is 2.16 bits per heavy atom. The normalized spacial score (nSPS) is 12.4. The van der Waals surface area contributed by atoms with E-state index >= 15 is 0 Å². The van der Waals surface area contributed by atoms with Gasteiger partial charge in [0.25, 0.3) is 5.91 Å². The highest BCUT2D eigenvalue weighted by Crippen LogP contribution is 2.35. The summed E-state index contributed by atoms with van der Waals surface area (Å²) in [6, 6.07) is 8.97. The fourth-order valence-electron chi connectivity index (χ4n) is 2.47. The van der Waals surface area contributed by atoms with Gasteiger partial charge in [0.2, 0.25) is 0 Å². The van der Waals surface area contributed by atoms with Crippen molar-refractivity contribution in [1.82, 2.24) is 5.48 Å². The molecule has 1 aliphatic rings. The van der Waals surface area contributed by atoms with Crippen LogP contribution in [0.15, 0.2) is 34.8 Å². The topological polar surface area (TPSA) is 79.8 Å². The van der Waals surface area contributed by atoms with Gasteiger partial charge in [0.1, 0.15) is 5.75 Å². The summed E-state index contributed by atoms with van der Waals surface area (Å²) in [6.45, 7) is 0.416. The first-order chi connectivity index (χ1) is 12.1. The molecule has 0 aliphatic carbocycles. The molecule has 3 rings (SSSR count). The van der Waals surface area contributed by atoms with Crippen molar-refractivity contribution in [2.75, 3.05) is 25.1 Å². The van der Waals surface area contributed by atoms with E-state index in [-0.39, 0.29) is 13.2 Å². The lowest BCUT2D eigenvalue weighted by Gasteiger charge is -2.15. The van der Waals surface area contributed by atoms with E-state index in [1.165, 1.54) is 0 Å². The Kier molecular flexibility index (Phi) is 5.80. The van der Waals surface area contributed by atoms with Crippen LogP contribution in [-0.4, -0.2) is 30.8 Å². The average Bonchev–Trinajstić information content (AvgIpc) is 3.04. The van der Waals surface area contributed by atoms with Crippen LogP contribution in [0.4, 0.5) is 11.4 Å². The van der Waals surface area contributed by atoms with E-state index in [2.05, 4.69) is 26.7 Å². The zero-order valence-electron chi connectivity index (χ0n) is 13.1. The number of rotatable bonds is 6. The van der Waals surface area contributed by atoms with Crippen molar-refractivity contribution in [3.05, 3.63) is 51.0 Å². The number of halogens is 2. The SMILES string of the molecule is O=C(NOCCO)c1cc2c(cc1Nc1ccc(Br)cc1Cl)OCC2. The minimum absolute atomic E-state index is 0.0150. The summed E-state index contributed by atoms with van der Waals surface area (Å²) < 4.78 is 6.44. The largest absolute Gasteiger partial charge is 0.493 e. The Labute approximate surface area is 158 Å². The lowest BCUT2D eigenvalue weighted by Crippen LogP contribution is -2.26. The highest BCUT2D eigenvalue weighted by atomic mass is 79.9. The van der Waals surface area contributed by atoms with E-state index < -0.39 is 5.91 Å². The Hall–Kier alpha value is -1.80. The number of fused-ring (bicyclic) bond motifs is 1. The molecule has 1 heterocycles. The number of hydrogen-bond acceptors (Lipinski definition) is 5. The number of nitrogens with one attached hydrogen (secondary N) is 2. The lowest BCUT2D eigenvalue weighted by atomic mass is 10.1. The lowest BCUT2D eigenvalue weighted by molar-refractivity contribution is 0.0169. The average molecular weight is 428 g/mol. The van der Waals surface area contributed by atoms with Gasteiger partial charge in [-0.3, -0.25) is 9.63 Å². The number of carbonyl (C=O) groups excluding carboxylic acids is 1. The van der Waals surface area contributed by atoms with Crippen molar-refractivity contribution >= 4 is 44.8 Å². The number of amides is 1. The maximum absolute atomic E-state index is 12.4. The van der Waals surface area contributed by atoms with Crippen LogP contribution < -0.4 is 15.5 Å². The number of ether oxygens (including phenoxy) is 1. The molecule has 25 heavy (non-hydrogen) atoms. The second kappa shape index (κ2) is 8.05. The molecule has 8 heteroatoms. The number of anilines is 2. The number of carbonyl (C=O) groups is 1. The Bertz CT molecular complexity index is 800. The molecule has 2 aromatic rings. The summed E-state index contributed by atoms with van der Waals surface area (Å²) in [7, 11) is 0. The Morgan fingerprint density at radius 3 is 2.92 bits per heavy atom. The molecule has 0 aromatic heterocycles. The van der Waals surface area contributed by atoms with Crippen LogP contribution in [0.25, 0.3) is 0 Å². The molecule has 0 radical (unpaired) electrons. The zero-order valence-corrected chi connectivity index (χ0v) is 15.5. The number of aliphatic hydroxyl groups excluding tert-OH is 1. The van der Waals surface area contributed by atoms with Crippen LogP contribution >= 0.6 is 27.5 Å². The molecule has 1 aliphatic heterocycles. The fraction of sp³-hybridized carbons (Fsp3) is 0.235. The third-order valence-corrected chi connectivity index (χ3v) is 4.44. The zero-order chi connectivity index (χ0) is 17.8.